The van der Waals surface area contributed by atoms with E-state index in [2.05, 4.69) is 15.3 Å². The molecule has 0 radical (unpaired) electrons. The summed E-state index contributed by atoms with van der Waals surface area (Å²) >= 11 is 5.69. The van der Waals surface area contributed by atoms with Crippen LogP contribution in [0.2, 0.25) is 5.15 Å². The molecule has 1 aromatic carbocycles. The summed E-state index contributed by atoms with van der Waals surface area (Å²) in [6, 6.07) is 7.54. The summed E-state index contributed by atoms with van der Waals surface area (Å²) in [5.41, 5.74) is 1.14. The van der Waals surface area contributed by atoms with E-state index in [4.69, 9.17) is 16.3 Å². The van der Waals surface area contributed by atoms with Crippen molar-refractivity contribution in [3.63, 3.8) is 0 Å². The molecule has 0 aliphatic heterocycles. The number of nitrogens with one attached hydrogen (secondary N) is 1. The first-order valence-electron chi connectivity index (χ1n) is 6.16. The van der Waals surface area contributed by atoms with Crippen molar-refractivity contribution >= 4 is 17.5 Å². The average Bonchev–Trinajstić information content (AvgIpc) is 2.45. The molecule has 104 valence electrons. The van der Waals surface area contributed by atoms with Crippen LogP contribution in [-0.2, 0) is 6.54 Å². The van der Waals surface area contributed by atoms with Crippen molar-refractivity contribution in [2.24, 2.45) is 0 Å². The van der Waals surface area contributed by atoms with E-state index in [1.54, 1.807) is 0 Å². The Balaban J connectivity index is 1.98. The molecular formula is C14H14ClN3O2. The van der Waals surface area contributed by atoms with Gasteiger partial charge in [0.2, 0.25) is 0 Å². The third-order valence-electron chi connectivity index (χ3n) is 2.50. The molecular weight excluding hydrogens is 278 g/mol. The van der Waals surface area contributed by atoms with E-state index in [1.807, 2.05) is 31.2 Å². The van der Waals surface area contributed by atoms with Gasteiger partial charge in [0.1, 0.15) is 16.6 Å². The highest BCUT2D eigenvalue weighted by Crippen LogP contribution is 2.13. The second-order valence-corrected chi connectivity index (χ2v) is 4.38. The van der Waals surface area contributed by atoms with Gasteiger partial charge in [-0.15, -0.1) is 0 Å². The minimum absolute atomic E-state index is 0.191. The Morgan fingerprint density at radius 3 is 3.00 bits per heavy atom. The number of rotatable bonds is 5. The Hall–Kier alpha value is -2.14. The summed E-state index contributed by atoms with van der Waals surface area (Å²) in [6.07, 6.45) is 2.75. The van der Waals surface area contributed by atoms with E-state index >= 15 is 0 Å². The Kier molecular flexibility index (Phi) is 4.90. The summed E-state index contributed by atoms with van der Waals surface area (Å²) in [5, 5.41) is 2.95. The molecule has 5 nitrogen and oxygen atoms in total. The lowest BCUT2D eigenvalue weighted by molar-refractivity contribution is 0.0945. The minimum Gasteiger partial charge on any atom is -0.494 e. The van der Waals surface area contributed by atoms with Crippen LogP contribution in [0.5, 0.6) is 5.75 Å². The highest BCUT2D eigenvalue weighted by atomic mass is 35.5. The number of aromatic nitrogens is 2. The van der Waals surface area contributed by atoms with E-state index in [0.717, 1.165) is 11.3 Å². The van der Waals surface area contributed by atoms with Crippen LogP contribution >= 0.6 is 11.6 Å². The van der Waals surface area contributed by atoms with Crippen LogP contribution in [0.1, 0.15) is 23.0 Å². The molecule has 6 heteroatoms. The van der Waals surface area contributed by atoms with Crippen molar-refractivity contribution in [2.75, 3.05) is 6.61 Å². The number of nitrogens with zero attached hydrogens (tertiary/aromatic N) is 2. The number of benzene rings is 1. The molecule has 1 amide bonds. The SMILES string of the molecule is CCOc1cccc(CNC(=O)c2cncc(Cl)n2)c1. The van der Waals surface area contributed by atoms with Gasteiger partial charge in [-0.3, -0.25) is 9.78 Å². The highest BCUT2D eigenvalue weighted by molar-refractivity contribution is 6.29. The van der Waals surface area contributed by atoms with Crippen LogP contribution in [0.3, 0.4) is 0 Å². The van der Waals surface area contributed by atoms with E-state index in [0.29, 0.717) is 13.2 Å². The maximum atomic E-state index is 11.9. The van der Waals surface area contributed by atoms with Gasteiger partial charge in [0.05, 0.1) is 19.0 Å². The smallest absolute Gasteiger partial charge is 0.271 e. The van der Waals surface area contributed by atoms with E-state index < -0.39 is 0 Å². The molecule has 0 unspecified atom stereocenters. The summed E-state index contributed by atoms with van der Waals surface area (Å²) in [6.45, 7) is 2.91. The molecule has 1 N–H and O–H groups in total. The summed E-state index contributed by atoms with van der Waals surface area (Å²) in [7, 11) is 0. The lowest BCUT2D eigenvalue weighted by atomic mass is 10.2. The predicted molar refractivity (Wildman–Crippen MR) is 75.8 cm³/mol. The number of carbonyl (C=O) groups is 1. The summed E-state index contributed by atoms with van der Waals surface area (Å²) in [5.74, 6) is 0.462. The van der Waals surface area contributed by atoms with Gasteiger partial charge in [0, 0.05) is 6.54 Å². The van der Waals surface area contributed by atoms with Crippen molar-refractivity contribution < 1.29 is 9.53 Å². The third-order valence-corrected chi connectivity index (χ3v) is 2.68. The zero-order valence-electron chi connectivity index (χ0n) is 11.0. The van der Waals surface area contributed by atoms with Gasteiger partial charge in [-0.25, -0.2) is 4.98 Å². The lowest BCUT2D eigenvalue weighted by Gasteiger charge is -2.07. The second kappa shape index (κ2) is 6.86. The number of ether oxygens (including phenoxy) is 1. The zero-order chi connectivity index (χ0) is 14.4. The second-order valence-electron chi connectivity index (χ2n) is 3.99. The zero-order valence-corrected chi connectivity index (χ0v) is 11.7. The Morgan fingerprint density at radius 2 is 2.25 bits per heavy atom. The fourth-order valence-electron chi connectivity index (χ4n) is 1.64. The maximum absolute atomic E-state index is 11.9. The van der Waals surface area contributed by atoms with Crippen LogP contribution < -0.4 is 10.1 Å². The maximum Gasteiger partial charge on any atom is 0.271 e. The van der Waals surface area contributed by atoms with Gasteiger partial charge < -0.3 is 10.1 Å². The quantitative estimate of drug-likeness (QED) is 0.919. The van der Waals surface area contributed by atoms with Crippen molar-refractivity contribution in [1.82, 2.24) is 15.3 Å². The average molecular weight is 292 g/mol. The van der Waals surface area contributed by atoms with Crippen LogP contribution in [0.4, 0.5) is 0 Å². The largest absolute Gasteiger partial charge is 0.494 e. The van der Waals surface area contributed by atoms with Crippen LogP contribution in [-0.4, -0.2) is 22.5 Å². The number of hydrogen-bond donors (Lipinski definition) is 1. The van der Waals surface area contributed by atoms with Gasteiger partial charge in [-0.2, -0.15) is 0 Å². The molecule has 0 fully saturated rings. The third kappa shape index (κ3) is 3.93. The molecule has 2 aromatic rings. The number of carbonyl (C=O) groups excluding carboxylic acids is 1. The van der Waals surface area contributed by atoms with Crippen LogP contribution in [0, 0.1) is 0 Å². The molecule has 1 heterocycles. The number of halogens is 1. The van der Waals surface area contributed by atoms with Gasteiger partial charge in [0.15, 0.2) is 0 Å². The van der Waals surface area contributed by atoms with Gasteiger partial charge in [-0.05, 0) is 24.6 Å². The predicted octanol–water partition coefficient (Wildman–Crippen LogP) is 2.46. The Bertz CT molecular complexity index is 604. The first kappa shape index (κ1) is 14.3. The Morgan fingerprint density at radius 1 is 1.40 bits per heavy atom. The summed E-state index contributed by atoms with van der Waals surface area (Å²) in [4.78, 5) is 19.6. The first-order chi connectivity index (χ1) is 9.69. The Labute approximate surface area is 122 Å². The molecule has 2 rings (SSSR count). The number of amides is 1. The topological polar surface area (TPSA) is 64.1 Å². The first-order valence-corrected chi connectivity index (χ1v) is 6.54. The van der Waals surface area contributed by atoms with Gasteiger partial charge in [-0.1, -0.05) is 23.7 Å². The van der Waals surface area contributed by atoms with Gasteiger partial charge >= 0.3 is 0 Å². The van der Waals surface area contributed by atoms with Crippen LogP contribution in [0.25, 0.3) is 0 Å². The van der Waals surface area contributed by atoms with E-state index in [-0.39, 0.29) is 16.8 Å². The standard InChI is InChI=1S/C14H14ClN3O2/c1-2-20-11-5-3-4-10(6-11)7-17-14(19)12-8-16-9-13(15)18-12/h3-6,8-9H,2,7H2,1H3,(H,17,19). The molecule has 0 saturated heterocycles. The van der Waals surface area contributed by atoms with E-state index in [9.17, 15) is 4.79 Å². The van der Waals surface area contributed by atoms with Crippen molar-refractivity contribution in [3.05, 3.63) is 53.1 Å². The van der Waals surface area contributed by atoms with Crippen molar-refractivity contribution in [1.29, 1.82) is 0 Å². The van der Waals surface area contributed by atoms with Crippen LogP contribution in [0.15, 0.2) is 36.7 Å². The molecule has 0 saturated carbocycles. The van der Waals surface area contributed by atoms with E-state index in [1.165, 1.54) is 12.4 Å². The van der Waals surface area contributed by atoms with Gasteiger partial charge in [0.25, 0.3) is 5.91 Å². The van der Waals surface area contributed by atoms with Crippen molar-refractivity contribution in [3.8, 4) is 5.75 Å². The monoisotopic (exact) mass is 291 g/mol. The summed E-state index contributed by atoms with van der Waals surface area (Å²) < 4.78 is 5.40. The minimum atomic E-state index is -0.318. The number of hydrogen-bond acceptors (Lipinski definition) is 4. The lowest BCUT2D eigenvalue weighted by Crippen LogP contribution is -2.24. The van der Waals surface area contributed by atoms with Crippen molar-refractivity contribution in [2.45, 2.75) is 13.5 Å². The molecule has 1 aromatic heterocycles. The fraction of sp³-hybridized carbons (Fsp3) is 0.214. The fourth-order valence-corrected chi connectivity index (χ4v) is 1.78. The highest BCUT2D eigenvalue weighted by Gasteiger charge is 2.08. The molecule has 20 heavy (non-hydrogen) atoms. The molecule has 0 aliphatic carbocycles. The molecule has 0 spiro atoms. The normalized spacial score (nSPS) is 10.1. The molecule has 0 aliphatic rings. The molecule has 0 atom stereocenters. The molecule has 0 bridgehead atoms.